The minimum Gasteiger partial charge on any atom is -0.338 e. The number of rotatable bonds is 3. The normalized spacial score (nSPS) is 14.5. The van der Waals surface area contributed by atoms with E-state index in [9.17, 15) is 0 Å². The molecule has 0 spiro atoms. The van der Waals surface area contributed by atoms with Crippen LogP contribution in [0.3, 0.4) is 0 Å². The van der Waals surface area contributed by atoms with Crippen LogP contribution in [0.15, 0.2) is 12.4 Å². The van der Waals surface area contributed by atoms with Gasteiger partial charge in [0.15, 0.2) is 0 Å². The Morgan fingerprint density at radius 2 is 2.23 bits per heavy atom. The lowest BCUT2D eigenvalue weighted by atomic mass is 9.87. The monoisotopic (exact) mass is 200 g/mol. The summed E-state index contributed by atoms with van der Waals surface area (Å²) in [6, 6.07) is 0. The van der Waals surface area contributed by atoms with Gasteiger partial charge in [-0.1, -0.05) is 13.8 Å². The Kier molecular flexibility index (Phi) is 3.01. The van der Waals surface area contributed by atoms with Crippen LogP contribution in [0.25, 0.3) is 0 Å². The number of nitrogens with zero attached hydrogens (tertiary/aromatic N) is 2. The lowest BCUT2D eigenvalue weighted by Gasteiger charge is -2.25. The van der Waals surface area contributed by atoms with Crippen molar-refractivity contribution in [1.29, 1.82) is 0 Å². The molecule has 0 aliphatic heterocycles. The van der Waals surface area contributed by atoms with Gasteiger partial charge in [-0.2, -0.15) is 0 Å². The first-order valence-electron chi connectivity index (χ1n) is 4.55. The molecule has 0 aromatic carbocycles. The van der Waals surface area contributed by atoms with Crippen LogP contribution in [-0.2, 0) is 12.5 Å². The third-order valence-corrected chi connectivity index (χ3v) is 2.37. The molecule has 1 aromatic rings. The molecular formula is C10H17ClN2. The van der Waals surface area contributed by atoms with Gasteiger partial charge in [0.05, 0.1) is 0 Å². The molecule has 1 rings (SSSR count). The summed E-state index contributed by atoms with van der Waals surface area (Å²) in [6.07, 6.45) is 4.74. The van der Waals surface area contributed by atoms with Crippen molar-refractivity contribution in [2.24, 2.45) is 7.05 Å². The highest BCUT2D eigenvalue weighted by Crippen LogP contribution is 2.28. The molecule has 0 saturated carbocycles. The fourth-order valence-corrected chi connectivity index (χ4v) is 2.20. The van der Waals surface area contributed by atoms with E-state index in [0.29, 0.717) is 0 Å². The second-order valence-corrected chi connectivity index (χ2v) is 4.98. The van der Waals surface area contributed by atoms with Crippen molar-refractivity contribution in [2.75, 3.05) is 0 Å². The van der Waals surface area contributed by atoms with Crippen LogP contribution in [0.5, 0.6) is 0 Å². The van der Waals surface area contributed by atoms with Gasteiger partial charge in [0.25, 0.3) is 0 Å². The van der Waals surface area contributed by atoms with E-state index in [-0.39, 0.29) is 10.8 Å². The van der Waals surface area contributed by atoms with Crippen molar-refractivity contribution in [1.82, 2.24) is 9.55 Å². The molecule has 3 heteroatoms. The summed E-state index contributed by atoms with van der Waals surface area (Å²) in [5.74, 6) is 1.10. The number of alkyl halides is 1. The molecule has 0 aliphatic carbocycles. The van der Waals surface area contributed by atoms with Crippen LogP contribution < -0.4 is 0 Å². The molecular weight excluding hydrogens is 184 g/mol. The molecule has 0 aliphatic rings. The summed E-state index contributed by atoms with van der Waals surface area (Å²) in [5.41, 5.74) is 0.0550. The van der Waals surface area contributed by atoms with Crippen molar-refractivity contribution in [3.05, 3.63) is 18.2 Å². The predicted octanol–water partition coefficient (Wildman–Crippen LogP) is 2.72. The molecule has 2 nitrogen and oxygen atoms in total. The van der Waals surface area contributed by atoms with Gasteiger partial charge in [0.1, 0.15) is 5.82 Å². The maximum atomic E-state index is 5.99. The minimum atomic E-state index is 0.0550. The quantitative estimate of drug-likeness (QED) is 0.687. The first-order chi connectivity index (χ1) is 5.93. The third kappa shape index (κ3) is 2.47. The van der Waals surface area contributed by atoms with E-state index in [4.69, 9.17) is 11.6 Å². The number of aryl methyl sites for hydroxylation is 1. The fraction of sp³-hybridized carbons (Fsp3) is 0.700. The Hall–Kier alpha value is -0.500. The van der Waals surface area contributed by atoms with E-state index in [1.165, 1.54) is 0 Å². The zero-order valence-electron chi connectivity index (χ0n) is 8.71. The SMILES string of the molecule is CC(Cl)CC(C)(C)c1nccn1C. The van der Waals surface area contributed by atoms with Crippen LogP contribution >= 0.6 is 11.6 Å². The Bertz CT molecular complexity index is 276. The van der Waals surface area contributed by atoms with Gasteiger partial charge in [-0.15, -0.1) is 11.6 Å². The van der Waals surface area contributed by atoms with Gasteiger partial charge < -0.3 is 4.57 Å². The fourth-order valence-electron chi connectivity index (χ4n) is 1.81. The summed E-state index contributed by atoms with van der Waals surface area (Å²) in [4.78, 5) is 4.34. The smallest absolute Gasteiger partial charge is 0.114 e. The molecule has 0 fully saturated rings. The Labute approximate surface area is 84.9 Å². The average Bonchev–Trinajstić information content (AvgIpc) is 2.32. The molecule has 0 amide bonds. The van der Waals surface area contributed by atoms with Crippen molar-refractivity contribution >= 4 is 11.6 Å². The number of hydrogen-bond acceptors (Lipinski definition) is 1. The molecule has 1 heterocycles. The van der Waals surface area contributed by atoms with E-state index < -0.39 is 0 Å². The second-order valence-electron chi connectivity index (χ2n) is 4.23. The predicted molar refractivity (Wildman–Crippen MR) is 56.2 cm³/mol. The van der Waals surface area contributed by atoms with Crippen LogP contribution in [0, 0.1) is 0 Å². The highest BCUT2D eigenvalue weighted by Gasteiger charge is 2.26. The van der Waals surface area contributed by atoms with Crippen LogP contribution in [-0.4, -0.2) is 14.9 Å². The number of hydrogen-bond donors (Lipinski definition) is 0. The Morgan fingerprint density at radius 1 is 1.62 bits per heavy atom. The molecule has 13 heavy (non-hydrogen) atoms. The first kappa shape index (κ1) is 10.6. The van der Waals surface area contributed by atoms with Crippen molar-refractivity contribution in [2.45, 2.75) is 38.0 Å². The van der Waals surface area contributed by atoms with Crippen LogP contribution in [0.1, 0.15) is 33.0 Å². The van der Waals surface area contributed by atoms with Gasteiger partial charge in [0, 0.05) is 30.2 Å². The summed E-state index contributed by atoms with van der Waals surface area (Å²) < 4.78 is 2.05. The van der Waals surface area contributed by atoms with Gasteiger partial charge in [0.2, 0.25) is 0 Å². The number of halogens is 1. The molecule has 1 aromatic heterocycles. The summed E-state index contributed by atoms with van der Waals surface area (Å²) >= 11 is 5.99. The van der Waals surface area contributed by atoms with Crippen molar-refractivity contribution in [3.63, 3.8) is 0 Å². The lowest BCUT2D eigenvalue weighted by Crippen LogP contribution is -2.24. The lowest BCUT2D eigenvalue weighted by molar-refractivity contribution is 0.434. The topological polar surface area (TPSA) is 17.8 Å². The number of imidazole rings is 1. The summed E-state index contributed by atoms with van der Waals surface area (Å²) in [5, 5.41) is 0.187. The van der Waals surface area contributed by atoms with Crippen LogP contribution in [0.2, 0.25) is 0 Å². The van der Waals surface area contributed by atoms with E-state index in [1.54, 1.807) is 0 Å². The molecule has 1 unspecified atom stereocenters. The highest BCUT2D eigenvalue weighted by atomic mass is 35.5. The van der Waals surface area contributed by atoms with E-state index in [1.807, 2.05) is 26.4 Å². The summed E-state index contributed by atoms with van der Waals surface area (Å²) in [6.45, 7) is 6.37. The third-order valence-electron chi connectivity index (χ3n) is 2.22. The standard InChI is InChI=1S/C10H17ClN2/c1-8(11)7-10(2,3)9-12-5-6-13(9)4/h5-6,8H,7H2,1-4H3. The van der Waals surface area contributed by atoms with Gasteiger partial charge >= 0.3 is 0 Å². The van der Waals surface area contributed by atoms with Gasteiger partial charge in [-0.25, -0.2) is 4.98 Å². The summed E-state index contributed by atoms with van der Waals surface area (Å²) in [7, 11) is 2.02. The molecule has 0 bridgehead atoms. The zero-order valence-corrected chi connectivity index (χ0v) is 9.47. The van der Waals surface area contributed by atoms with Gasteiger partial charge in [-0.05, 0) is 13.3 Å². The number of aromatic nitrogens is 2. The second kappa shape index (κ2) is 3.70. The zero-order chi connectivity index (χ0) is 10.1. The first-order valence-corrected chi connectivity index (χ1v) is 4.99. The largest absolute Gasteiger partial charge is 0.338 e. The maximum absolute atomic E-state index is 5.99. The maximum Gasteiger partial charge on any atom is 0.114 e. The highest BCUT2D eigenvalue weighted by molar-refractivity contribution is 6.20. The van der Waals surface area contributed by atoms with E-state index in [0.717, 1.165) is 12.2 Å². The molecule has 0 saturated heterocycles. The Morgan fingerprint density at radius 3 is 2.62 bits per heavy atom. The van der Waals surface area contributed by atoms with Gasteiger partial charge in [-0.3, -0.25) is 0 Å². The Balaban J connectivity index is 2.87. The average molecular weight is 201 g/mol. The molecule has 74 valence electrons. The van der Waals surface area contributed by atoms with Crippen molar-refractivity contribution < 1.29 is 0 Å². The van der Waals surface area contributed by atoms with E-state index in [2.05, 4.69) is 23.4 Å². The molecule has 0 radical (unpaired) electrons. The molecule has 0 N–H and O–H groups in total. The van der Waals surface area contributed by atoms with Crippen molar-refractivity contribution in [3.8, 4) is 0 Å². The van der Waals surface area contributed by atoms with Crippen LogP contribution in [0.4, 0.5) is 0 Å². The molecule has 1 atom stereocenters. The van der Waals surface area contributed by atoms with E-state index >= 15 is 0 Å². The minimum absolute atomic E-state index is 0.0550.